The molecule has 20 heavy (non-hydrogen) atoms. The van der Waals surface area contributed by atoms with Gasteiger partial charge >= 0.3 is 0 Å². The fourth-order valence-corrected chi connectivity index (χ4v) is 0. The quantitative estimate of drug-likeness (QED) is 0.190. The molecule has 0 rings (SSSR count). The summed E-state index contributed by atoms with van der Waals surface area (Å²) in [5, 5.41) is 0. The predicted octanol–water partition coefficient (Wildman–Crippen LogP) is 8.61. The van der Waals surface area contributed by atoms with Crippen molar-refractivity contribution in [3.63, 3.8) is 0 Å². The minimum absolute atomic E-state index is 0. The van der Waals surface area contributed by atoms with Crippen LogP contribution in [0, 0.1) is 44.6 Å². The van der Waals surface area contributed by atoms with Gasteiger partial charge in [-0.3, -0.25) is 0 Å². The Labute approximate surface area is 164 Å². The van der Waals surface area contributed by atoms with Gasteiger partial charge in [-0.15, -0.1) is 52.6 Å². The molecule has 4 heteroatoms. The maximum absolute atomic E-state index is 3.00. The van der Waals surface area contributed by atoms with Crippen LogP contribution in [0.15, 0.2) is 52.6 Å². The number of rotatable bonds is 0. The van der Waals surface area contributed by atoms with Crippen LogP contribution < -0.4 is 0 Å². The molecule has 0 aliphatic rings. The predicted molar refractivity (Wildman–Crippen MR) is 108 cm³/mol. The molecule has 0 aliphatic carbocycles. The summed E-state index contributed by atoms with van der Waals surface area (Å²) < 4.78 is 0. The first-order valence-corrected chi connectivity index (χ1v) is 2.00. The molecule has 0 aromatic carbocycles. The van der Waals surface area contributed by atoms with Gasteiger partial charge in [0.15, 0.2) is 0 Å². The maximum atomic E-state index is 3.00. The molecule has 0 radical (unpaired) electrons. The fourth-order valence-electron chi connectivity index (χ4n) is 0. The van der Waals surface area contributed by atoms with Crippen LogP contribution in [-0.4, -0.2) is 0 Å². The first-order chi connectivity index (χ1) is 4.00. The summed E-state index contributed by atoms with van der Waals surface area (Å²) in [4.78, 5) is 0. The van der Waals surface area contributed by atoms with Crippen molar-refractivity contribution in [3.05, 3.63) is 109 Å². The van der Waals surface area contributed by atoms with E-state index in [9.17, 15) is 0 Å². The maximum Gasteiger partial charge on any atom is 0 e. The third-order valence-corrected chi connectivity index (χ3v) is 0. The summed E-state index contributed by atoms with van der Waals surface area (Å²) >= 11 is 0. The number of nitrogens with two attached hydrogens (primary N) is 2. The molecule has 0 bridgehead atoms. The molecule has 0 saturated carbocycles. The fraction of sp³-hybridized carbons (Fsp3) is 0.125. The average molecular weight is 479 g/mol. The van der Waals surface area contributed by atoms with Gasteiger partial charge in [-0.1, -0.05) is 14.9 Å². The molecular weight excluding hydrogens is 433 g/mol. The van der Waals surface area contributed by atoms with Crippen LogP contribution in [0.3, 0.4) is 0 Å². The molecule has 2 nitrogen and oxygen atoms in total. The molecule has 0 amide bonds. The Bertz CT molecular complexity index is 26.4. The topological polar surface area (TPSA) is 67.0 Å². The zero-order valence-electron chi connectivity index (χ0n) is 13.4. The third-order valence-electron chi connectivity index (χ3n) is 0. The van der Waals surface area contributed by atoms with Gasteiger partial charge < -0.3 is 56.9 Å². The van der Waals surface area contributed by atoms with Crippen molar-refractivity contribution in [1.29, 1.82) is 0 Å². The standard InChI is InChI=1S/4C2H4.2CH4.6CH3.2H2N.2Pd/c4*1-2;;;;;;;;;;;;/h4*1-2H2;2*1H4;6*1H3;2*1H2;;/q;;;;;;8*-1;;. The minimum atomic E-state index is 0. The summed E-state index contributed by atoms with van der Waals surface area (Å²) in [5.41, 5.74) is 0. The van der Waals surface area contributed by atoms with E-state index in [-0.39, 0.29) is 113 Å². The Hall–Kier alpha value is 0.205. The largest absolute Gasteiger partial charge is 0.693 e. The Morgan fingerprint density at radius 1 is 0.300 bits per heavy atom. The smallest absolute Gasteiger partial charge is 0 e. The second kappa shape index (κ2) is 152000. The number of hydrogen-bond acceptors (Lipinski definition) is 0. The molecule has 148 valence electrons. The van der Waals surface area contributed by atoms with Crippen molar-refractivity contribution >= 4 is 0 Å². The van der Waals surface area contributed by atoms with Gasteiger partial charge in [-0.05, 0) is 0 Å². The van der Waals surface area contributed by atoms with Gasteiger partial charge in [0.2, 0.25) is 0 Å². The van der Waals surface area contributed by atoms with E-state index < -0.39 is 0 Å². The molecule has 0 fully saturated rings. The molecule has 0 unspecified atom stereocenters. The minimum Gasteiger partial charge on any atom is -0.693 e. The van der Waals surface area contributed by atoms with Gasteiger partial charge in [0.1, 0.15) is 0 Å². The summed E-state index contributed by atoms with van der Waals surface area (Å²) in [5.74, 6) is 0. The van der Waals surface area contributed by atoms with Gasteiger partial charge in [0.25, 0.3) is 0 Å². The Balaban J connectivity index is -0.000000000635. The second-order valence-corrected chi connectivity index (χ2v) is 0. The van der Waals surface area contributed by atoms with E-state index in [1.807, 2.05) is 0 Å². The normalized spacial score (nSPS) is 0.800. The van der Waals surface area contributed by atoms with Gasteiger partial charge in [0.05, 0.1) is 0 Å². The van der Waals surface area contributed by atoms with Crippen molar-refractivity contribution < 1.29 is 40.8 Å². The monoisotopic (exact) mass is 478 g/mol. The first-order valence-electron chi connectivity index (χ1n) is 2.00. The zero-order valence-corrected chi connectivity index (χ0v) is 16.6. The van der Waals surface area contributed by atoms with Crippen molar-refractivity contribution in [3.8, 4) is 0 Å². The molecule has 0 aromatic rings. The van der Waals surface area contributed by atoms with Crippen molar-refractivity contribution in [2.24, 2.45) is 0 Å². The van der Waals surface area contributed by atoms with Crippen LogP contribution >= 0.6 is 0 Å². The van der Waals surface area contributed by atoms with E-state index in [4.69, 9.17) is 0 Å². The second-order valence-electron chi connectivity index (χ2n) is 0. The van der Waals surface area contributed by atoms with Crippen molar-refractivity contribution in [2.75, 3.05) is 0 Å². The Morgan fingerprint density at radius 2 is 0.300 bits per heavy atom. The van der Waals surface area contributed by atoms with E-state index in [0.29, 0.717) is 0 Å². The Morgan fingerprint density at radius 3 is 0.300 bits per heavy atom. The van der Waals surface area contributed by atoms with Crippen molar-refractivity contribution in [2.45, 2.75) is 14.9 Å². The Kier molecular flexibility index (Phi) is 3200000. The van der Waals surface area contributed by atoms with E-state index >= 15 is 0 Å². The molecule has 0 atom stereocenters. The van der Waals surface area contributed by atoms with Crippen molar-refractivity contribution in [1.82, 2.24) is 0 Å². The molecule has 0 heterocycles. The molecule has 0 aliphatic heterocycles. The molecule has 0 saturated heterocycles. The summed E-state index contributed by atoms with van der Waals surface area (Å²) in [6, 6.07) is 0. The number of hydrogen-bond donors (Lipinski definition) is 0. The summed E-state index contributed by atoms with van der Waals surface area (Å²) in [6.07, 6.45) is 0. The van der Waals surface area contributed by atoms with E-state index in [0.717, 1.165) is 0 Å². The SMILES string of the molecule is C.C.C=C.C=C.C=C.C=C.[CH3-].[CH3-].[CH3-].[CH3-].[CH3-].[CH3-].[NH2-].[NH2-].[Pd].[Pd]. The first kappa shape index (κ1) is 422. The zero-order chi connectivity index (χ0) is 8.00. The van der Waals surface area contributed by atoms with Crippen LogP contribution in [0.5, 0.6) is 0 Å². The molecule has 4 N–H and O–H groups in total. The van der Waals surface area contributed by atoms with Crippen LogP contribution in [0.1, 0.15) is 14.9 Å². The van der Waals surface area contributed by atoms with Crippen LogP contribution in [0.2, 0.25) is 0 Å². The van der Waals surface area contributed by atoms with Gasteiger partial charge in [0, 0.05) is 40.8 Å². The van der Waals surface area contributed by atoms with Gasteiger partial charge in [-0.25, -0.2) is 0 Å². The molecule has 0 aromatic heterocycles. The average Bonchev–Trinajstić information content (AvgIpc) is 2.03. The van der Waals surface area contributed by atoms with E-state index in [2.05, 4.69) is 52.6 Å². The third kappa shape index (κ3) is 129000. The van der Waals surface area contributed by atoms with E-state index in [1.165, 1.54) is 0 Å². The summed E-state index contributed by atoms with van der Waals surface area (Å²) in [7, 11) is 0. The van der Waals surface area contributed by atoms with Crippen LogP contribution in [0.25, 0.3) is 12.3 Å². The molecular formula is C16H46N2Pd2-8. The van der Waals surface area contributed by atoms with Crippen LogP contribution in [-0.2, 0) is 40.8 Å². The summed E-state index contributed by atoms with van der Waals surface area (Å²) in [6.45, 7) is 24.0. The van der Waals surface area contributed by atoms with Crippen LogP contribution in [0.4, 0.5) is 0 Å². The van der Waals surface area contributed by atoms with E-state index in [1.54, 1.807) is 0 Å². The van der Waals surface area contributed by atoms with Gasteiger partial charge in [-0.2, -0.15) is 0 Å². The molecule has 0 spiro atoms.